The molecule has 25 heavy (non-hydrogen) atoms. The minimum atomic E-state index is -0.373. The average molecular weight is 341 g/mol. The number of rotatable bonds is 7. The molecule has 2 aromatic rings. The number of carbonyl (C=O) groups excluding carboxylic acids is 2. The number of hydrogen-bond acceptors (Lipinski definition) is 4. The zero-order valence-electron chi connectivity index (χ0n) is 14.7. The molecule has 0 aliphatic carbocycles. The molecule has 6 heteroatoms. The zero-order valence-corrected chi connectivity index (χ0v) is 14.7. The van der Waals surface area contributed by atoms with Crippen molar-refractivity contribution in [1.29, 1.82) is 0 Å². The van der Waals surface area contributed by atoms with Crippen molar-refractivity contribution in [3.8, 4) is 5.75 Å². The van der Waals surface area contributed by atoms with Gasteiger partial charge in [0.25, 0.3) is 11.8 Å². The summed E-state index contributed by atoms with van der Waals surface area (Å²) in [5.41, 5.74) is 1.23. The summed E-state index contributed by atoms with van der Waals surface area (Å²) in [6.07, 6.45) is 2.39. The third-order valence-corrected chi connectivity index (χ3v) is 3.27. The van der Waals surface area contributed by atoms with Crippen molar-refractivity contribution in [2.45, 2.75) is 33.3 Å². The molecular weight excluding hydrogens is 318 g/mol. The van der Waals surface area contributed by atoms with E-state index in [1.165, 1.54) is 12.3 Å². The fourth-order valence-electron chi connectivity index (χ4n) is 2.12. The van der Waals surface area contributed by atoms with Crippen LogP contribution in [0.1, 0.15) is 48.0 Å². The van der Waals surface area contributed by atoms with Crippen molar-refractivity contribution in [2.75, 3.05) is 11.9 Å². The summed E-state index contributed by atoms with van der Waals surface area (Å²) in [5.74, 6) is 0.150. The van der Waals surface area contributed by atoms with E-state index >= 15 is 0 Å². The van der Waals surface area contributed by atoms with Crippen LogP contribution >= 0.6 is 0 Å². The normalized spacial score (nSPS) is 10.4. The number of amides is 2. The second-order valence-electron chi connectivity index (χ2n) is 5.83. The third kappa shape index (κ3) is 5.60. The van der Waals surface area contributed by atoms with Crippen molar-refractivity contribution in [3.63, 3.8) is 0 Å². The standard InChI is InChI=1S/C19H23N3O3/c1-4-10-21-18(23)14-9-11-20-17(12-14)19(24)22-15-5-7-16(8-6-15)25-13(2)3/h5-9,11-13H,4,10H2,1-3H3,(H,21,23)(H,22,24). The first-order valence-electron chi connectivity index (χ1n) is 8.32. The van der Waals surface area contributed by atoms with Gasteiger partial charge in [-0.1, -0.05) is 6.92 Å². The van der Waals surface area contributed by atoms with Gasteiger partial charge < -0.3 is 15.4 Å². The van der Waals surface area contributed by atoms with Crippen molar-refractivity contribution in [2.24, 2.45) is 0 Å². The molecule has 0 unspecified atom stereocenters. The molecule has 2 N–H and O–H groups in total. The Bertz CT molecular complexity index is 727. The van der Waals surface area contributed by atoms with E-state index in [0.29, 0.717) is 17.8 Å². The van der Waals surface area contributed by atoms with Gasteiger partial charge in [0, 0.05) is 24.0 Å². The topological polar surface area (TPSA) is 80.3 Å². The van der Waals surface area contributed by atoms with E-state index < -0.39 is 0 Å². The van der Waals surface area contributed by atoms with Crippen molar-refractivity contribution in [1.82, 2.24) is 10.3 Å². The Balaban J connectivity index is 2.04. The summed E-state index contributed by atoms with van der Waals surface area (Å²) >= 11 is 0. The number of nitrogens with one attached hydrogen (secondary N) is 2. The van der Waals surface area contributed by atoms with Crippen LogP contribution in [0.3, 0.4) is 0 Å². The molecule has 0 bridgehead atoms. The molecule has 6 nitrogen and oxygen atoms in total. The maximum Gasteiger partial charge on any atom is 0.274 e. The molecule has 0 atom stereocenters. The molecule has 1 aromatic heterocycles. The number of aromatic nitrogens is 1. The van der Waals surface area contributed by atoms with Crippen LogP contribution in [0.25, 0.3) is 0 Å². The molecule has 0 aliphatic rings. The van der Waals surface area contributed by atoms with Gasteiger partial charge in [-0.05, 0) is 56.7 Å². The number of ether oxygens (including phenoxy) is 1. The van der Waals surface area contributed by atoms with Crippen LogP contribution in [-0.4, -0.2) is 29.4 Å². The van der Waals surface area contributed by atoms with Crippen LogP contribution in [-0.2, 0) is 0 Å². The van der Waals surface area contributed by atoms with Crippen molar-refractivity contribution in [3.05, 3.63) is 53.9 Å². The van der Waals surface area contributed by atoms with Gasteiger partial charge >= 0.3 is 0 Å². The Morgan fingerprint density at radius 1 is 1.12 bits per heavy atom. The summed E-state index contributed by atoms with van der Waals surface area (Å²) in [4.78, 5) is 28.3. The highest BCUT2D eigenvalue weighted by molar-refractivity contribution is 6.04. The maximum atomic E-state index is 12.3. The second kappa shape index (κ2) is 8.82. The molecule has 0 saturated carbocycles. The molecular formula is C19H23N3O3. The Kier molecular flexibility index (Phi) is 6.51. The van der Waals surface area contributed by atoms with Crippen LogP contribution in [0.2, 0.25) is 0 Å². The van der Waals surface area contributed by atoms with Gasteiger partial charge in [0.15, 0.2) is 0 Å². The highest BCUT2D eigenvalue weighted by Gasteiger charge is 2.12. The molecule has 0 spiro atoms. The van der Waals surface area contributed by atoms with Gasteiger partial charge in [0.05, 0.1) is 6.10 Å². The summed E-state index contributed by atoms with van der Waals surface area (Å²) in [5, 5.41) is 5.53. The fourth-order valence-corrected chi connectivity index (χ4v) is 2.12. The number of nitrogens with zero attached hydrogens (tertiary/aromatic N) is 1. The highest BCUT2D eigenvalue weighted by atomic mass is 16.5. The molecule has 132 valence electrons. The van der Waals surface area contributed by atoms with Crippen LogP contribution in [0.5, 0.6) is 5.75 Å². The Hall–Kier alpha value is -2.89. The number of anilines is 1. The minimum absolute atomic E-state index is 0.0891. The van der Waals surface area contributed by atoms with Gasteiger partial charge in [0.2, 0.25) is 0 Å². The van der Waals surface area contributed by atoms with E-state index in [1.807, 2.05) is 20.8 Å². The average Bonchev–Trinajstić information content (AvgIpc) is 2.61. The summed E-state index contributed by atoms with van der Waals surface area (Å²) in [7, 11) is 0. The molecule has 0 radical (unpaired) electrons. The van der Waals surface area contributed by atoms with E-state index in [2.05, 4.69) is 15.6 Å². The minimum Gasteiger partial charge on any atom is -0.491 e. The van der Waals surface area contributed by atoms with Gasteiger partial charge in [-0.3, -0.25) is 14.6 Å². The van der Waals surface area contributed by atoms with Crippen LogP contribution in [0.15, 0.2) is 42.6 Å². The monoisotopic (exact) mass is 341 g/mol. The van der Waals surface area contributed by atoms with Crippen LogP contribution in [0.4, 0.5) is 5.69 Å². The Labute approximate surface area is 147 Å². The van der Waals surface area contributed by atoms with E-state index in [4.69, 9.17) is 4.74 Å². The van der Waals surface area contributed by atoms with E-state index in [0.717, 1.165) is 12.2 Å². The lowest BCUT2D eigenvalue weighted by atomic mass is 10.2. The van der Waals surface area contributed by atoms with Gasteiger partial charge in [-0.2, -0.15) is 0 Å². The molecule has 0 fully saturated rings. The van der Waals surface area contributed by atoms with E-state index in [-0.39, 0.29) is 23.6 Å². The first kappa shape index (κ1) is 18.4. The molecule has 2 rings (SSSR count). The zero-order chi connectivity index (χ0) is 18.2. The summed E-state index contributed by atoms with van der Waals surface area (Å²) in [6, 6.07) is 10.2. The van der Waals surface area contributed by atoms with Crippen LogP contribution < -0.4 is 15.4 Å². The number of carbonyl (C=O) groups is 2. The molecule has 2 amide bonds. The van der Waals surface area contributed by atoms with Gasteiger partial charge in [-0.25, -0.2) is 0 Å². The van der Waals surface area contributed by atoms with E-state index in [9.17, 15) is 9.59 Å². The predicted molar refractivity (Wildman–Crippen MR) is 97.0 cm³/mol. The lowest BCUT2D eigenvalue weighted by molar-refractivity contribution is 0.0953. The maximum absolute atomic E-state index is 12.3. The lowest BCUT2D eigenvalue weighted by Crippen LogP contribution is -2.24. The van der Waals surface area contributed by atoms with E-state index in [1.54, 1.807) is 30.3 Å². The Morgan fingerprint density at radius 2 is 1.84 bits per heavy atom. The number of benzene rings is 1. The molecule has 1 aromatic carbocycles. The fraction of sp³-hybridized carbons (Fsp3) is 0.316. The third-order valence-electron chi connectivity index (χ3n) is 3.27. The molecule has 0 aliphatic heterocycles. The summed E-state index contributed by atoms with van der Waals surface area (Å²) < 4.78 is 5.56. The smallest absolute Gasteiger partial charge is 0.274 e. The quantitative estimate of drug-likeness (QED) is 0.810. The Morgan fingerprint density at radius 3 is 2.48 bits per heavy atom. The summed E-state index contributed by atoms with van der Waals surface area (Å²) in [6.45, 7) is 6.46. The van der Waals surface area contributed by atoms with Crippen molar-refractivity contribution >= 4 is 17.5 Å². The largest absolute Gasteiger partial charge is 0.491 e. The first-order valence-corrected chi connectivity index (χ1v) is 8.32. The predicted octanol–water partition coefficient (Wildman–Crippen LogP) is 3.26. The number of hydrogen-bond donors (Lipinski definition) is 2. The van der Waals surface area contributed by atoms with Crippen LogP contribution in [0, 0.1) is 0 Å². The van der Waals surface area contributed by atoms with Crippen molar-refractivity contribution < 1.29 is 14.3 Å². The van der Waals surface area contributed by atoms with Gasteiger partial charge in [0.1, 0.15) is 11.4 Å². The highest BCUT2D eigenvalue weighted by Crippen LogP contribution is 2.17. The first-order chi connectivity index (χ1) is 12.0. The van der Waals surface area contributed by atoms with Gasteiger partial charge in [-0.15, -0.1) is 0 Å². The second-order valence-corrected chi connectivity index (χ2v) is 5.83. The lowest BCUT2D eigenvalue weighted by Gasteiger charge is -2.10. The molecule has 1 heterocycles. The molecule has 0 saturated heterocycles. The SMILES string of the molecule is CCCNC(=O)c1ccnc(C(=O)Nc2ccc(OC(C)C)cc2)c1. The number of pyridine rings is 1.